The van der Waals surface area contributed by atoms with Gasteiger partial charge < -0.3 is 5.32 Å². The first-order chi connectivity index (χ1) is 7.91. The first-order valence-corrected chi connectivity index (χ1v) is 6.40. The highest BCUT2D eigenvalue weighted by molar-refractivity contribution is 9.10. The Labute approximate surface area is 110 Å². The van der Waals surface area contributed by atoms with Crippen molar-refractivity contribution in [2.24, 2.45) is 0 Å². The van der Waals surface area contributed by atoms with Gasteiger partial charge in [-0.15, -0.1) is 0 Å². The van der Waals surface area contributed by atoms with E-state index < -0.39 is 5.92 Å². The lowest BCUT2D eigenvalue weighted by Crippen LogP contribution is -2.31. The summed E-state index contributed by atoms with van der Waals surface area (Å²) >= 11 is 3.20. The van der Waals surface area contributed by atoms with Crippen LogP contribution in [0.15, 0.2) is 22.7 Å². The number of nitrogens with one attached hydrogen (secondary N) is 1. The maximum atomic E-state index is 13.8. The van der Waals surface area contributed by atoms with Gasteiger partial charge in [0.05, 0.1) is 5.92 Å². The number of carbonyl (C=O) groups excluding carboxylic acids is 1. The van der Waals surface area contributed by atoms with Crippen molar-refractivity contribution in [2.75, 3.05) is 6.54 Å². The first kappa shape index (κ1) is 14.3. The lowest BCUT2D eigenvalue weighted by Gasteiger charge is -2.17. The van der Waals surface area contributed by atoms with E-state index >= 15 is 0 Å². The molecule has 0 spiro atoms. The standard InChI is InChI=1S/C13H17BrFNO/c1-8(2)16-7-12(9(3)17)11-5-4-10(14)6-13(11)15/h4-6,8,12,16H,7H2,1-3H3. The van der Waals surface area contributed by atoms with Gasteiger partial charge in [0.1, 0.15) is 11.6 Å². The molecule has 0 fully saturated rings. The summed E-state index contributed by atoms with van der Waals surface area (Å²) in [7, 11) is 0. The molecule has 0 radical (unpaired) electrons. The normalized spacial score (nSPS) is 12.8. The molecule has 0 bridgehead atoms. The quantitative estimate of drug-likeness (QED) is 0.904. The fraction of sp³-hybridized carbons (Fsp3) is 0.462. The predicted molar refractivity (Wildman–Crippen MR) is 70.7 cm³/mol. The third-order valence-corrected chi connectivity index (χ3v) is 3.05. The van der Waals surface area contributed by atoms with Crippen LogP contribution in [0.2, 0.25) is 0 Å². The van der Waals surface area contributed by atoms with E-state index in [1.54, 1.807) is 12.1 Å². The van der Waals surface area contributed by atoms with Crippen LogP contribution in [0.25, 0.3) is 0 Å². The van der Waals surface area contributed by atoms with Gasteiger partial charge in [-0.05, 0) is 24.6 Å². The first-order valence-electron chi connectivity index (χ1n) is 5.60. The maximum Gasteiger partial charge on any atom is 0.138 e. The van der Waals surface area contributed by atoms with Gasteiger partial charge in [0.2, 0.25) is 0 Å². The van der Waals surface area contributed by atoms with Crippen LogP contribution in [0.4, 0.5) is 4.39 Å². The van der Waals surface area contributed by atoms with Crippen LogP contribution in [0.1, 0.15) is 32.3 Å². The molecule has 1 aromatic carbocycles. The number of halogens is 2. The Morgan fingerprint density at radius 3 is 2.59 bits per heavy atom. The average Bonchev–Trinajstić information content (AvgIpc) is 2.20. The molecule has 1 atom stereocenters. The smallest absolute Gasteiger partial charge is 0.138 e. The average molecular weight is 302 g/mol. The number of rotatable bonds is 5. The topological polar surface area (TPSA) is 29.1 Å². The molecule has 0 saturated heterocycles. The van der Waals surface area contributed by atoms with E-state index in [0.29, 0.717) is 16.6 Å². The van der Waals surface area contributed by atoms with Gasteiger partial charge in [-0.3, -0.25) is 4.79 Å². The summed E-state index contributed by atoms with van der Waals surface area (Å²) in [6.45, 7) is 5.95. The molecule has 94 valence electrons. The Balaban J connectivity index is 2.93. The van der Waals surface area contributed by atoms with Crippen molar-refractivity contribution in [3.63, 3.8) is 0 Å². The van der Waals surface area contributed by atoms with E-state index in [2.05, 4.69) is 21.2 Å². The Morgan fingerprint density at radius 2 is 2.12 bits per heavy atom. The van der Waals surface area contributed by atoms with Gasteiger partial charge in [0.15, 0.2) is 0 Å². The fourth-order valence-corrected chi connectivity index (χ4v) is 1.94. The van der Waals surface area contributed by atoms with Crippen LogP contribution in [0, 0.1) is 5.82 Å². The van der Waals surface area contributed by atoms with E-state index in [-0.39, 0.29) is 17.6 Å². The molecule has 0 heterocycles. The molecule has 17 heavy (non-hydrogen) atoms. The van der Waals surface area contributed by atoms with Gasteiger partial charge in [-0.25, -0.2) is 4.39 Å². The van der Waals surface area contributed by atoms with E-state index in [9.17, 15) is 9.18 Å². The zero-order valence-electron chi connectivity index (χ0n) is 10.3. The summed E-state index contributed by atoms with van der Waals surface area (Å²) in [5.74, 6) is -0.796. The van der Waals surface area contributed by atoms with Gasteiger partial charge in [0.25, 0.3) is 0 Å². The second kappa shape index (κ2) is 6.26. The molecule has 0 aliphatic heterocycles. The lowest BCUT2D eigenvalue weighted by molar-refractivity contribution is -0.118. The zero-order valence-corrected chi connectivity index (χ0v) is 11.8. The van der Waals surface area contributed by atoms with Crippen molar-refractivity contribution in [1.29, 1.82) is 0 Å². The molecule has 0 aliphatic rings. The highest BCUT2D eigenvalue weighted by atomic mass is 79.9. The fourth-order valence-electron chi connectivity index (χ4n) is 1.61. The van der Waals surface area contributed by atoms with E-state index in [4.69, 9.17) is 0 Å². The molecule has 0 saturated carbocycles. The molecular weight excluding hydrogens is 285 g/mol. The van der Waals surface area contributed by atoms with Crippen LogP contribution in [0.5, 0.6) is 0 Å². The van der Waals surface area contributed by atoms with Crippen LogP contribution in [0.3, 0.4) is 0 Å². The van der Waals surface area contributed by atoms with Crippen molar-refractivity contribution in [3.8, 4) is 0 Å². The molecule has 1 N–H and O–H groups in total. The molecule has 0 aliphatic carbocycles. The number of hydrogen-bond donors (Lipinski definition) is 1. The molecule has 0 amide bonds. The molecule has 2 nitrogen and oxygen atoms in total. The van der Waals surface area contributed by atoms with Crippen molar-refractivity contribution in [2.45, 2.75) is 32.7 Å². The lowest BCUT2D eigenvalue weighted by atomic mass is 9.94. The van der Waals surface area contributed by atoms with Crippen LogP contribution < -0.4 is 5.32 Å². The second-order valence-corrected chi connectivity index (χ2v) is 5.31. The van der Waals surface area contributed by atoms with Crippen LogP contribution in [-0.4, -0.2) is 18.4 Å². The second-order valence-electron chi connectivity index (χ2n) is 4.39. The summed E-state index contributed by atoms with van der Waals surface area (Å²) in [5.41, 5.74) is 0.453. The van der Waals surface area contributed by atoms with Crippen molar-refractivity contribution in [1.82, 2.24) is 5.32 Å². The summed E-state index contributed by atoms with van der Waals surface area (Å²) in [5, 5.41) is 3.17. The molecule has 4 heteroatoms. The Bertz CT molecular complexity index is 406. The van der Waals surface area contributed by atoms with Gasteiger partial charge >= 0.3 is 0 Å². The van der Waals surface area contributed by atoms with Gasteiger partial charge in [-0.1, -0.05) is 35.8 Å². The summed E-state index contributed by atoms with van der Waals surface area (Å²) in [6, 6.07) is 5.08. The van der Waals surface area contributed by atoms with Gasteiger partial charge in [-0.2, -0.15) is 0 Å². The molecule has 0 aromatic heterocycles. The largest absolute Gasteiger partial charge is 0.313 e. The van der Waals surface area contributed by atoms with Crippen LogP contribution in [-0.2, 0) is 4.79 Å². The Morgan fingerprint density at radius 1 is 1.47 bits per heavy atom. The number of ketones is 1. The number of carbonyl (C=O) groups is 1. The summed E-state index contributed by atoms with van der Waals surface area (Å²) < 4.78 is 14.5. The zero-order chi connectivity index (χ0) is 13.0. The third-order valence-electron chi connectivity index (χ3n) is 2.56. The minimum absolute atomic E-state index is 0.0284. The minimum atomic E-state index is -0.425. The van der Waals surface area contributed by atoms with Crippen molar-refractivity contribution < 1.29 is 9.18 Å². The number of Topliss-reactive ketones (excluding diaryl/α,β-unsaturated/α-hetero) is 1. The van der Waals surface area contributed by atoms with E-state index in [0.717, 1.165) is 0 Å². The summed E-state index contributed by atoms with van der Waals surface area (Å²) in [4.78, 5) is 11.6. The molecule has 1 aromatic rings. The Hall–Kier alpha value is -0.740. The van der Waals surface area contributed by atoms with E-state index in [1.807, 2.05) is 13.8 Å². The van der Waals surface area contributed by atoms with Crippen molar-refractivity contribution >= 4 is 21.7 Å². The molecule has 1 rings (SSSR count). The number of hydrogen-bond acceptors (Lipinski definition) is 2. The van der Waals surface area contributed by atoms with Gasteiger partial charge in [0, 0.05) is 17.1 Å². The van der Waals surface area contributed by atoms with E-state index in [1.165, 1.54) is 13.0 Å². The molecule has 1 unspecified atom stereocenters. The highest BCUT2D eigenvalue weighted by Crippen LogP contribution is 2.23. The SMILES string of the molecule is CC(=O)C(CNC(C)C)c1ccc(Br)cc1F. The highest BCUT2D eigenvalue weighted by Gasteiger charge is 2.20. The van der Waals surface area contributed by atoms with Crippen molar-refractivity contribution in [3.05, 3.63) is 34.1 Å². The predicted octanol–water partition coefficient (Wildman–Crippen LogP) is 3.26. The minimum Gasteiger partial charge on any atom is -0.313 e. The molecular formula is C13H17BrFNO. The number of benzene rings is 1. The third kappa shape index (κ3) is 4.21. The monoisotopic (exact) mass is 301 g/mol. The van der Waals surface area contributed by atoms with Crippen LogP contribution >= 0.6 is 15.9 Å². The Kier molecular flexibility index (Phi) is 5.28. The summed E-state index contributed by atoms with van der Waals surface area (Å²) in [6.07, 6.45) is 0. The maximum absolute atomic E-state index is 13.8.